The first-order valence-corrected chi connectivity index (χ1v) is 8.18. The summed E-state index contributed by atoms with van der Waals surface area (Å²) in [6.45, 7) is 1.19. The first-order chi connectivity index (χ1) is 12.3. The fourth-order valence-electron chi connectivity index (χ4n) is 2.06. The normalized spacial score (nSPS) is 12.6. The van der Waals surface area contributed by atoms with Crippen LogP contribution in [0.4, 0.5) is 0 Å². The molecule has 132 valence electrons. The molecule has 1 N–H and O–H groups in total. The average molecular weight is 340 g/mol. The lowest BCUT2D eigenvalue weighted by Gasteiger charge is -2.08. The maximum atomic E-state index is 9.85. The summed E-state index contributed by atoms with van der Waals surface area (Å²) < 4.78 is 16.1. The summed E-state index contributed by atoms with van der Waals surface area (Å²) in [5, 5.41) is 9.85. The topological polar surface area (TPSA) is 47.9 Å². The van der Waals surface area contributed by atoms with Crippen molar-refractivity contribution in [1.82, 2.24) is 0 Å². The Bertz CT molecular complexity index is 647. The van der Waals surface area contributed by atoms with Gasteiger partial charge in [-0.2, -0.15) is 0 Å². The van der Waals surface area contributed by atoms with Crippen LogP contribution in [0.25, 0.3) is 0 Å². The summed E-state index contributed by atoms with van der Waals surface area (Å²) >= 11 is 0. The van der Waals surface area contributed by atoms with E-state index in [0.717, 1.165) is 17.1 Å². The van der Waals surface area contributed by atoms with E-state index in [-0.39, 0.29) is 6.61 Å². The van der Waals surface area contributed by atoms with E-state index in [1.54, 1.807) is 19.3 Å². The molecule has 0 heterocycles. The van der Waals surface area contributed by atoms with Crippen molar-refractivity contribution < 1.29 is 19.3 Å². The highest BCUT2D eigenvalue weighted by Gasteiger charge is 2.00. The fraction of sp³-hybridized carbons (Fsp3) is 0.238. The predicted molar refractivity (Wildman–Crippen MR) is 98.9 cm³/mol. The van der Waals surface area contributed by atoms with Gasteiger partial charge in [0.2, 0.25) is 0 Å². The van der Waals surface area contributed by atoms with Gasteiger partial charge in [0.25, 0.3) is 0 Å². The Morgan fingerprint density at radius 3 is 2.44 bits per heavy atom. The quantitative estimate of drug-likeness (QED) is 0.669. The Kier molecular flexibility index (Phi) is 8.32. The van der Waals surface area contributed by atoms with Crippen molar-refractivity contribution in [2.45, 2.75) is 12.7 Å². The SMILES string of the molecule is COc1ccc(COC[C@H](O)/C=C/C=C/COc2ccccc2)cc1. The van der Waals surface area contributed by atoms with Crippen molar-refractivity contribution in [3.63, 3.8) is 0 Å². The van der Waals surface area contributed by atoms with Gasteiger partial charge in [-0.3, -0.25) is 0 Å². The minimum Gasteiger partial charge on any atom is -0.497 e. The lowest BCUT2D eigenvalue weighted by molar-refractivity contribution is 0.0503. The van der Waals surface area contributed by atoms with Crippen molar-refractivity contribution in [3.05, 3.63) is 84.5 Å². The van der Waals surface area contributed by atoms with Crippen molar-refractivity contribution in [2.24, 2.45) is 0 Å². The summed E-state index contributed by atoms with van der Waals surface area (Å²) in [5.41, 5.74) is 1.04. The van der Waals surface area contributed by atoms with E-state index in [2.05, 4.69) is 0 Å². The Balaban J connectivity index is 1.59. The largest absolute Gasteiger partial charge is 0.497 e. The van der Waals surface area contributed by atoms with Crippen LogP contribution in [0.15, 0.2) is 78.9 Å². The molecule has 0 unspecified atom stereocenters. The molecule has 0 fully saturated rings. The zero-order chi connectivity index (χ0) is 17.7. The van der Waals surface area contributed by atoms with Crippen LogP contribution < -0.4 is 9.47 Å². The number of allylic oxidation sites excluding steroid dienone is 2. The van der Waals surface area contributed by atoms with Gasteiger partial charge in [-0.05, 0) is 35.9 Å². The van der Waals surface area contributed by atoms with E-state index in [1.165, 1.54) is 0 Å². The van der Waals surface area contributed by atoms with Crippen LogP contribution in [0.3, 0.4) is 0 Å². The predicted octanol–water partition coefficient (Wildman–Crippen LogP) is 3.76. The standard InChI is InChI=1S/C21H24O4/c1-23-20-13-11-18(12-14-20)16-24-17-19(22)8-4-3-7-15-25-21-9-5-2-6-10-21/h2-14,19,22H,15-17H2,1H3/b7-3+,8-4+/t19-/m1/s1. The fourth-order valence-corrected chi connectivity index (χ4v) is 2.06. The van der Waals surface area contributed by atoms with Crippen LogP contribution in [-0.2, 0) is 11.3 Å². The monoisotopic (exact) mass is 340 g/mol. The van der Waals surface area contributed by atoms with Gasteiger partial charge in [-0.25, -0.2) is 0 Å². The number of ether oxygens (including phenoxy) is 3. The molecule has 0 saturated carbocycles. The molecule has 2 aromatic rings. The Labute approximate surface area is 149 Å². The second-order valence-corrected chi connectivity index (χ2v) is 5.37. The lowest BCUT2D eigenvalue weighted by atomic mass is 10.2. The highest BCUT2D eigenvalue weighted by molar-refractivity contribution is 5.26. The van der Waals surface area contributed by atoms with Gasteiger partial charge < -0.3 is 19.3 Å². The molecule has 0 aromatic heterocycles. The molecule has 4 heteroatoms. The summed E-state index contributed by atoms with van der Waals surface area (Å²) in [7, 11) is 1.64. The molecule has 2 aromatic carbocycles. The highest BCUT2D eigenvalue weighted by Crippen LogP contribution is 2.12. The number of hydrogen-bond acceptors (Lipinski definition) is 4. The van der Waals surface area contributed by atoms with Gasteiger partial charge in [0.1, 0.15) is 18.1 Å². The van der Waals surface area contributed by atoms with E-state index >= 15 is 0 Å². The number of methoxy groups -OCH3 is 1. The lowest BCUT2D eigenvalue weighted by Crippen LogP contribution is -2.11. The van der Waals surface area contributed by atoms with Crippen LogP contribution in [-0.4, -0.2) is 31.5 Å². The van der Waals surface area contributed by atoms with E-state index in [1.807, 2.05) is 66.7 Å². The van der Waals surface area contributed by atoms with E-state index in [9.17, 15) is 5.11 Å². The molecule has 4 nitrogen and oxygen atoms in total. The van der Waals surface area contributed by atoms with Crippen LogP contribution in [0.5, 0.6) is 11.5 Å². The van der Waals surface area contributed by atoms with Crippen molar-refractivity contribution in [1.29, 1.82) is 0 Å². The van der Waals surface area contributed by atoms with Gasteiger partial charge in [-0.1, -0.05) is 48.6 Å². The summed E-state index contributed by atoms with van der Waals surface area (Å²) in [5.74, 6) is 1.65. The highest BCUT2D eigenvalue weighted by atomic mass is 16.5. The molecule has 0 aliphatic rings. The number of para-hydroxylation sites is 1. The maximum Gasteiger partial charge on any atom is 0.119 e. The zero-order valence-corrected chi connectivity index (χ0v) is 14.4. The first kappa shape index (κ1) is 18.8. The summed E-state index contributed by atoms with van der Waals surface area (Å²) in [4.78, 5) is 0. The second kappa shape index (κ2) is 11.1. The average Bonchev–Trinajstić information content (AvgIpc) is 2.66. The molecule has 25 heavy (non-hydrogen) atoms. The number of rotatable bonds is 10. The molecule has 0 aliphatic carbocycles. The number of aliphatic hydroxyl groups excluding tert-OH is 1. The third-order valence-electron chi connectivity index (χ3n) is 3.39. The molecular weight excluding hydrogens is 316 g/mol. The molecule has 0 radical (unpaired) electrons. The van der Waals surface area contributed by atoms with Crippen LogP contribution in [0, 0.1) is 0 Å². The van der Waals surface area contributed by atoms with Gasteiger partial charge >= 0.3 is 0 Å². The Morgan fingerprint density at radius 1 is 0.960 bits per heavy atom. The third-order valence-corrected chi connectivity index (χ3v) is 3.39. The maximum absolute atomic E-state index is 9.85. The van der Waals surface area contributed by atoms with E-state index in [0.29, 0.717) is 13.2 Å². The second-order valence-electron chi connectivity index (χ2n) is 5.37. The molecule has 0 amide bonds. The number of hydrogen-bond donors (Lipinski definition) is 1. The van der Waals surface area contributed by atoms with Gasteiger partial charge in [0.15, 0.2) is 0 Å². The molecular formula is C21H24O4. The van der Waals surface area contributed by atoms with Crippen molar-refractivity contribution in [2.75, 3.05) is 20.3 Å². The van der Waals surface area contributed by atoms with Gasteiger partial charge in [0, 0.05) is 0 Å². The van der Waals surface area contributed by atoms with E-state index in [4.69, 9.17) is 14.2 Å². The number of benzene rings is 2. The minimum atomic E-state index is -0.641. The van der Waals surface area contributed by atoms with Crippen molar-refractivity contribution in [3.8, 4) is 11.5 Å². The van der Waals surface area contributed by atoms with Crippen molar-refractivity contribution >= 4 is 0 Å². The van der Waals surface area contributed by atoms with E-state index < -0.39 is 6.10 Å². The van der Waals surface area contributed by atoms with Crippen LogP contribution in [0.1, 0.15) is 5.56 Å². The zero-order valence-electron chi connectivity index (χ0n) is 14.4. The molecule has 0 aliphatic heterocycles. The third kappa shape index (κ3) is 7.70. The molecule has 0 spiro atoms. The summed E-state index contributed by atoms with van der Waals surface area (Å²) in [6, 6.07) is 17.3. The van der Waals surface area contributed by atoms with Crippen LogP contribution in [0.2, 0.25) is 0 Å². The molecule has 1 atom stereocenters. The number of aliphatic hydroxyl groups is 1. The Morgan fingerprint density at radius 2 is 1.72 bits per heavy atom. The first-order valence-electron chi connectivity index (χ1n) is 8.18. The van der Waals surface area contributed by atoms with Crippen LogP contribution >= 0.6 is 0 Å². The minimum absolute atomic E-state index is 0.247. The smallest absolute Gasteiger partial charge is 0.119 e. The molecule has 0 saturated heterocycles. The van der Waals surface area contributed by atoms with Gasteiger partial charge in [0.05, 0.1) is 26.4 Å². The Hall–Kier alpha value is -2.56. The molecule has 2 rings (SSSR count). The summed E-state index contributed by atoms with van der Waals surface area (Å²) in [6.07, 6.45) is 6.56. The molecule has 0 bridgehead atoms. The van der Waals surface area contributed by atoms with Gasteiger partial charge in [-0.15, -0.1) is 0 Å².